The summed E-state index contributed by atoms with van der Waals surface area (Å²) in [4.78, 5) is 19.8. The number of ether oxygens (including phenoxy) is 2. The van der Waals surface area contributed by atoms with Gasteiger partial charge < -0.3 is 14.8 Å². The lowest BCUT2D eigenvalue weighted by molar-refractivity contribution is -0.136. The van der Waals surface area contributed by atoms with E-state index >= 15 is 0 Å². The molecule has 11 heteroatoms. The highest BCUT2D eigenvalue weighted by atomic mass is 35.5. The predicted molar refractivity (Wildman–Crippen MR) is 137 cm³/mol. The summed E-state index contributed by atoms with van der Waals surface area (Å²) in [6.45, 7) is 0.512. The van der Waals surface area contributed by atoms with Gasteiger partial charge in [-0.25, -0.2) is 4.98 Å². The molecule has 5 rings (SSSR count). The molecular weight excluding hydrogens is 527 g/mol. The van der Waals surface area contributed by atoms with Gasteiger partial charge in [0.25, 0.3) is 5.91 Å². The standard InChI is InChI=1S/C26H27ClF3N3O3S/c1-35-20-10-14(9-19(27)24(20)36-2)25(34)31-15-11-16-5-3-6-17(12-15)33(16)13-22-32-23-18(26(28,29)30)7-4-8-21(23)37-22/h4,7-10,15-17H,3,5-6,11-13H2,1-2H3,(H,31,34). The third-order valence-corrected chi connectivity index (χ3v) is 8.53. The first-order chi connectivity index (χ1) is 17.7. The first-order valence-electron chi connectivity index (χ1n) is 12.1. The second kappa shape index (κ2) is 10.3. The van der Waals surface area contributed by atoms with Crippen molar-refractivity contribution < 1.29 is 27.4 Å². The predicted octanol–water partition coefficient (Wildman–Crippen LogP) is 6.30. The number of hydrogen-bond acceptors (Lipinski definition) is 6. The summed E-state index contributed by atoms with van der Waals surface area (Å²) in [6, 6.07) is 7.81. The number of carbonyl (C=O) groups is 1. The van der Waals surface area contributed by atoms with Crippen LogP contribution >= 0.6 is 22.9 Å². The Balaban J connectivity index is 1.30. The first-order valence-corrected chi connectivity index (χ1v) is 13.3. The Hall–Kier alpha value is -2.56. The van der Waals surface area contributed by atoms with Gasteiger partial charge in [0.05, 0.1) is 41.6 Å². The molecule has 0 aliphatic carbocycles. The van der Waals surface area contributed by atoms with E-state index in [1.807, 2.05) is 0 Å². The molecular formula is C26H27ClF3N3O3S. The van der Waals surface area contributed by atoms with E-state index in [1.54, 1.807) is 18.2 Å². The number of rotatable bonds is 6. The summed E-state index contributed by atoms with van der Waals surface area (Å²) in [5.41, 5.74) is -0.273. The molecule has 2 aromatic carbocycles. The van der Waals surface area contributed by atoms with Gasteiger partial charge in [-0.1, -0.05) is 24.1 Å². The highest BCUT2D eigenvalue weighted by molar-refractivity contribution is 7.18. The van der Waals surface area contributed by atoms with Crippen LogP contribution in [-0.2, 0) is 12.7 Å². The number of piperidine rings is 2. The topological polar surface area (TPSA) is 63.7 Å². The Morgan fingerprint density at radius 1 is 1.19 bits per heavy atom. The molecule has 6 nitrogen and oxygen atoms in total. The number of para-hydroxylation sites is 1. The SMILES string of the molecule is COc1cc(C(=O)NC2CC3CCCC(C2)N3Cc2nc3c(C(F)(F)F)cccc3s2)cc(Cl)c1OC. The van der Waals surface area contributed by atoms with Crippen molar-refractivity contribution in [3.8, 4) is 11.5 Å². The van der Waals surface area contributed by atoms with Gasteiger partial charge in [0.1, 0.15) is 5.01 Å². The molecule has 0 radical (unpaired) electrons. The van der Waals surface area contributed by atoms with Crippen molar-refractivity contribution in [1.29, 1.82) is 0 Å². The van der Waals surface area contributed by atoms with Crippen LogP contribution in [0.4, 0.5) is 13.2 Å². The van der Waals surface area contributed by atoms with Crippen LogP contribution in [0.15, 0.2) is 30.3 Å². The third-order valence-electron chi connectivity index (χ3n) is 7.24. The quantitative estimate of drug-likeness (QED) is 0.388. The molecule has 0 spiro atoms. The fourth-order valence-corrected chi connectivity index (χ4v) is 6.91. The number of thiazole rings is 1. The fourth-order valence-electron chi connectivity index (χ4n) is 5.62. The lowest BCUT2D eigenvalue weighted by Gasteiger charge is -2.48. The maximum Gasteiger partial charge on any atom is 0.418 e. The molecule has 2 unspecified atom stereocenters. The molecule has 1 N–H and O–H groups in total. The molecule has 2 bridgehead atoms. The van der Waals surface area contributed by atoms with Crippen LogP contribution in [0, 0.1) is 0 Å². The van der Waals surface area contributed by atoms with Crippen LogP contribution in [0.1, 0.15) is 53.0 Å². The number of hydrogen-bond donors (Lipinski definition) is 1. The number of fused-ring (bicyclic) bond motifs is 3. The smallest absolute Gasteiger partial charge is 0.418 e. The Labute approximate surface area is 221 Å². The molecule has 0 saturated carbocycles. The summed E-state index contributed by atoms with van der Waals surface area (Å²) in [6.07, 6.45) is 0.142. The molecule has 3 heterocycles. The molecule has 1 amide bonds. The van der Waals surface area contributed by atoms with Crippen molar-refractivity contribution in [3.05, 3.63) is 51.5 Å². The van der Waals surface area contributed by atoms with Crippen molar-refractivity contribution >= 4 is 39.1 Å². The van der Waals surface area contributed by atoms with Crippen LogP contribution in [0.5, 0.6) is 11.5 Å². The lowest BCUT2D eigenvalue weighted by Crippen LogP contribution is -2.56. The Morgan fingerprint density at radius 2 is 1.92 bits per heavy atom. The molecule has 2 atom stereocenters. The van der Waals surface area contributed by atoms with Crippen LogP contribution in [0.25, 0.3) is 10.2 Å². The number of amides is 1. The highest BCUT2D eigenvalue weighted by Crippen LogP contribution is 2.40. The zero-order valence-electron chi connectivity index (χ0n) is 20.4. The van der Waals surface area contributed by atoms with Gasteiger partial charge in [0.15, 0.2) is 11.5 Å². The van der Waals surface area contributed by atoms with E-state index in [1.165, 1.54) is 31.6 Å². The zero-order chi connectivity index (χ0) is 26.3. The molecule has 2 fully saturated rings. The normalized spacial score (nSPS) is 22.2. The van der Waals surface area contributed by atoms with Crippen LogP contribution in [0.3, 0.4) is 0 Å². The number of nitrogens with one attached hydrogen (secondary N) is 1. The van der Waals surface area contributed by atoms with Crippen molar-refractivity contribution in [2.24, 2.45) is 0 Å². The molecule has 2 aliphatic heterocycles. The van der Waals surface area contributed by atoms with Crippen molar-refractivity contribution in [1.82, 2.24) is 15.2 Å². The highest BCUT2D eigenvalue weighted by Gasteiger charge is 2.40. The molecule has 3 aromatic rings. The van der Waals surface area contributed by atoms with E-state index in [2.05, 4.69) is 15.2 Å². The van der Waals surface area contributed by atoms with E-state index in [-0.39, 0.29) is 29.5 Å². The van der Waals surface area contributed by atoms with Gasteiger partial charge in [-0.3, -0.25) is 9.69 Å². The molecule has 198 valence electrons. The summed E-state index contributed by atoms with van der Waals surface area (Å²) < 4.78 is 51.4. The zero-order valence-corrected chi connectivity index (χ0v) is 22.0. The van der Waals surface area contributed by atoms with Crippen molar-refractivity contribution in [2.45, 2.75) is 63.0 Å². The van der Waals surface area contributed by atoms with Gasteiger partial charge in [0.2, 0.25) is 0 Å². The number of aromatic nitrogens is 1. The fraction of sp³-hybridized carbons (Fsp3) is 0.462. The van der Waals surface area contributed by atoms with E-state index in [0.29, 0.717) is 38.3 Å². The molecule has 1 aromatic heterocycles. The Bertz CT molecular complexity index is 1300. The lowest BCUT2D eigenvalue weighted by atomic mass is 9.81. The van der Waals surface area contributed by atoms with Gasteiger partial charge in [-0.05, 0) is 49.9 Å². The number of nitrogens with zero attached hydrogens (tertiary/aromatic N) is 2. The number of carbonyl (C=O) groups excluding carboxylic acids is 1. The largest absolute Gasteiger partial charge is 0.493 e. The maximum atomic E-state index is 13.4. The van der Waals surface area contributed by atoms with Gasteiger partial charge in [-0.15, -0.1) is 11.3 Å². The van der Waals surface area contributed by atoms with E-state index < -0.39 is 11.7 Å². The molecule has 37 heavy (non-hydrogen) atoms. The van der Waals surface area contributed by atoms with E-state index in [4.69, 9.17) is 21.1 Å². The van der Waals surface area contributed by atoms with E-state index in [0.717, 1.165) is 38.2 Å². The monoisotopic (exact) mass is 553 g/mol. The summed E-state index contributed by atoms with van der Waals surface area (Å²) >= 11 is 7.60. The van der Waals surface area contributed by atoms with Gasteiger partial charge in [-0.2, -0.15) is 13.2 Å². The van der Waals surface area contributed by atoms with Crippen molar-refractivity contribution in [2.75, 3.05) is 14.2 Å². The maximum absolute atomic E-state index is 13.4. The van der Waals surface area contributed by atoms with E-state index in [9.17, 15) is 18.0 Å². The second-order valence-electron chi connectivity index (χ2n) is 9.50. The van der Waals surface area contributed by atoms with Crippen LogP contribution < -0.4 is 14.8 Å². The van der Waals surface area contributed by atoms with Crippen molar-refractivity contribution in [3.63, 3.8) is 0 Å². The van der Waals surface area contributed by atoms with Crippen LogP contribution in [0.2, 0.25) is 5.02 Å². The number of benzene rings is 2. The summed E-state index contributed by atoms with van der Waals surface area (Å²) in [5, 5.41) is 4.13. The first kappa shape index (κ1) is 26.1. The summed E-state index contributed by atoms with van der Waals surface area (Å²) in [5.74, 6) is 0.530. The second-order valence-corrected chi connectivity index (χ2v) is 11.0. The number of alkyl halides is 3. The average Bonchev–Trinajstić information content (AvgIpc) is 3.25. The minimum absolute atomic E-state index is 0.0156. The van der Waals surface area contributed by atoms with Crippen LogP contribution in [-0.4, -0.2) is 48.1 Å². The molecule has 2 saturated heterocycles. The Morgan fingerprint density at radius 3 is 2.57 bits per heavy atom. The summed E-state index contributed by atoms with van der Waals surface area (Å²) in [7, 11) is 2.97. The van der Waals surface area contributed by atoms with Gasteiger partial charge in [0, 0.05) is 23.7 Å². The number of halogens is 4. The Kier molecular flexibility index (Phi) is 7.26. The molecule has 2 aliphatic rings. The minimum atomic E-state index is -4.43. The average molecular weight is 554 g/mol. The third kappa shape index (κ3) is 5.24. The minimum Gasteiger partial charge on any atom is -0.493 e. The van der Waals surface area contributed by atoms with Gasteiger partial charge >= 0.3 is 6.18 Å². The number of methoxy groups -OCH3 is 2.